The second-order valence-electron chi connectivity index (χ2n) is 7.44. The maximum atomic E-state index is 13.0. The van der Waals surface area contributed by atoms with Crippen molar-refractivity contribution >= 4 is 6.09 Å². The third kappa shape index (κ3) is 5.31. The van der Waals surface area contributed by atoms with E-state index in [1.807, 2.05) is 0 Å². The third-order valence-electron chi connectivity index (χ3n) is 4.11. The minimum Gasteiger partial charge on any atom is -0.444 e. The Balaban J connectivity index is 2.38. The number of nitrogens with zero attached hydrogens (tertiary/aromatic N) is 2. The predicted octanol–water partition coefficient (Wildman–Crippen LogP) is 3.00. The molecule has 0 unspecified atom stereocenters. The maximum absolute atomic E-state index is 13.0. The molecule has 1 aromatic carbocycles. The van der Waals surface area contributed by atoms with Crippen LogP contribution < -0.4 is 0 Å². The molecule has 1 amide bonds. The highest BCUT2D eigenvalue weighted by atomic mass is 19.4. The Morgan fingerprint density at radius 1 is 1.37 bits per heavy atom. The minimum atomic E-state index is -4.53. The lowest BCUT2D eigenvalue weighted by Gasteiger charge is -2.39. The van der Waals surface area contributed by atoms with Gasteiger partial charge in [-0.05, 0) is 50.5 Å². The van der Waals surface area contributed by atoms with E-state index >= 15 is 0 Å². The van der Waals surface area contributed by atoms with Crippen LogP contribution in [0, 0.1) is 10.1 Å². The zero-order valence-electron chi connectivity index (χ0n) is 15.1. The van der Waals surface area contributed by atoms with E-state index in [1.165, 1.54) is 6.07 Å². The lowest BCUT2D eigenvalue weighted by molar-refractivity contribution is -0.491. The fraction of sp³-hybridized carbons (Fsp3) is 0.588. The molecular weight excluding hydrogens is 369 g/mol. The molecule has 0 aliphatic carbocycles. The Bertz CT molecular complexity index is 730. The molecule has 7 nitrogen and oxygen atoms in total. The van der Waals surface area contributed by atoms with Crippen molar-refractivity contribution in [2.75, 3.05) is 6.54 Å². The molecule has 1 N–H and O–H groups in total. The first kappa shape index (κ1) is 20.9. The van der Waals surface area contributed by atoms with E-state index in [-0.39, 0.29) is 18.5 Å². The molecule has 0 fully saturated rings. The monoisotopic (exact) mass is 390 g/mol. The van der Waals surface area contributed by atoms with Crippen molar-refractivity contribution in [3.63, 3.8) is 0 Å². The summed E-state index contributed by atoms with van der Waals surface area (Å²) in [7, 11) is 0. The number of aliphatic hydroxyl groups excluding tert-OH is 1. The van der Waals surface area contributed by atoms with E-state index in [0.29, 0.717) is 5.56 Å². The zero-order valence-corrected chi connectivity index (χ0v) is 15.1. The van der Waals surface area contributed by atoms with Gasteiger partial charge in [0.05, 0.1) is 11.6 Å². The van der Waals surface area contributed by atoms with Crippen LogP contribution in [-0.2, 0) is 23.9 Å². The lowest BCUT2D eigenvalue weighted by Crippen LogP contribution is -2.53. The van der Waals surface area contributed by atoms with Crippen LogP contribution in [0.1, 0.15) is 37.5 Å². The number of benzene rings is 1. The van der Waals surface area contributed by atoms with Crippen molar-refractivity contribution < 1.29 is 32.7 Å². The van der Waals surface area contributed by atoms with Crippen LogP contribution in [0.2, 0.25) is 0 Å². The van der Waals surface area contributed by atoms with Gasteiger partial charge >= 0.3 is 12.3 Å². The van der Waals surface area contributed by atoms with Crippen molar-refractivity contribution in [1.82, 2.24) is 4.90 Å². The van der Waals surface area contributed by atoms with Crippen molar-refractivity contribution in [3.8, 4) is 0 Å². The van der Waals surface area contributed by atoms with Gasteiger partial charge in [-0.1, -0.05) is 6.07 Å². The van der Waals surface area contributed by atoms with Gasteiger partial charge in [0.1, 0.15) is 11.7 Å². The van der Waals surface area contributed by atoms with Crippen LogP contribution in [0.15, 0.2) is 18.2 Å². The first-order valence-corrected chi connectivity index (χ1v) is 8.26. The van der Waals surface area contributed by atoms with Gasteiger partial charge in [0.25, 0.3) is 0 Å². The van der Waals surface area contributed by atoms with E-state index < -0.39 is 47.0 Å². The van der Waals surface area contributed by atoms with Gasteiger partial charge < -0.3 is 9.84 Å². The molecule has 27 heavy (non-hydrogen) atoms. The van der Waals surface area contributed by atoms with Crippen LogP contribution in [0.5, 0.6) is 0 Å². The Labute approximate surface area is 153 Å². The molecule has 1 aromatic rings. The Morgan fingerprint density at radius 2 is 2.00 bits per heavy atom. The van der Waals surface area contributed by atoms with Crippen molar-refractivity contribution in [3.05, 3.63) is 45.0 Å². The van der Waals surface area contributed by atoms with Crippen LogP contribution >= 0.6 is 0 Å². The molecule has 10 heteroatoms. The summed E-state index contributed by atoms with van der Waals surface area (Å²) in [5.74, 6) is 0. The Kier molecular flexibility index (Phi) is 5.69. The van der Waals surface area contributed by atoms with Crippen LogP contribution in [0.3, 0.4) is 0 Å². The quantitative estimate of drug-likeness (QED) is 0.633. The third-order valence-corrected chi connectivity index (χ3v) is 4.11. The summed E-state index contributed by atoms with van der Waals surface area (Å²) in [5, 5.41) is 20.9. The van der Waals surface area contributed by atoms with Crippen LogP contribution in [0.4, 0.5) is 18.0 Å². The largest absolute Gasteiger partial charge is 0.444 e. The summed E-state index contributed by atoms with van der Waals surface area (Å²) in [6.07, 6.45) is -6.88. The zero-order chi connectivity index (χ0) is 20.6. The molecule has 150 valence electrons. The molecular formula is C17H21F3N2O5. The van der Waals surface area contributed by atoms with Crippen LogP contribution in [0.25, 0.3) is 0 Å². The number of halogens is 3. The number of alkyl halides is 3. The SMILES string of the molecule is CC(C)(C)OC(=O)N1Cc2cc(C(F)(F)F)ccc2C[C@H]1[C@H](O)C[N+](=O)[O-]. The highest BCUT2D eigenvalue weighted by molar-refractivity contribution is 5.69. The number of nitro groups is 1. The number of hydrogen-bond donors (Lipinski definition) is 1. The van der Waals surface area contributed by atoms with Crippen molar-refractivity contribution in [1.29, 1.82) is 0 Å². The summed E-state index contributed by atoms with van der Waals surface area (Å²) >= 11 is 0. The number of carbonyl (C=O) groups excluding carboxylic acids is 1. The molecule has 1 heterocycles. The molecule has 0 radical (unpaired) electrons. The van der Waals surface area contributed by atoms with E-state index in [9.17, 15) is 33.2 Å². The summed E-state index contributed by atoms with van der Waals surface area (Å²) in [5.41, 5.74) is -0.964. The molecule has 1 aliphatic rings. The average Bonchev–Trinajstić information content (AvgIpc) is 2.49. The van der Waals surface area contributed by atoms with Gasteiger partial charge in [0.2, 0.25) is 6.54 Å². The van der Waals surface area contributed by atoms with E-state index in [1.54, 1.807) is 20.8 Å². The molecule has 0 saturated heterocycles. The fourth-order valence-corrected chi connectivity index (χ4v) is 2.92. The lowest BCUT2D eigenvalue weighted by atomic mass is 9.90. The van der Waals surface area contributed by atoms with Gasteiger partial charge in [-0.2, -0.15) is 13.2 Å². The van der Waals surface area contributed by atoms with Gasteiger partial charge in [-0.25, -0.2) is 4.79 Å². The predicted molar refractivity (Wildman–Crippen MR) is 88.6 cm³/mol. The van der Waals surface area contributed by atoms with Gasteiger partial charge in [0, 0.05) is 11.5 Å². The summed E-state index contributed by atoms with van der Waals surface area (Å²) in [4.78, 5) is 23.6. The van der Waals surface area contributed by atoms with E-state index in [0.717, 1.165) is 17.0 Å². The van der Waals surface area contributed by atoms with Gasteiger partial charge in [0.15, 0.2) is 0 Å². The summed E-state index contributed by atoms with van der Waals surface area (Å²) in [6, 6.07) is 2.16. The van der Waals surface area contributed by atoms with Crippen molar-refractivity contribution in [2.45, 2.75) is 57.7 Å². The smallest absolute Gasteiger partial charge is 0.416 e. The van der Waals surface area contributed by atoms with E-state index in [2.05, 4.69) is 0 Å². The topological polar surface area (TPSA) is 92.9 Å². The summed E-state index contributed by atoms with van der Waals surface area (Å²) in [6.45, 7) is 3.82. The molecule has 0 saturated carbocycles. The normalized spacial score (nSPS) is 18.6. The maximum Gasteiger partial charge on any atom is 0.416 e. The van der Waals surface area contributed by atoms with Crippen molar-refractivity contribution in [2.24, 2.45) is 0 Å². The number of carbonyl (C=O) groups is 1. The second-order valence-corrected chi connectivity index (χ2v) is 7.44. The fourth-order valence-electron chi connectivity index (χ4n) is 2.92. The average molecular weight is 390 g/mol. The number of aliphatic hydroxyl groups is 1. The van der Waals surface area contributed by atoms with Gasteiger partial charge in [-0.3, -0.25) is 15.0 Å². The number of amides is 1. The number of hydrogen-bond acceptors (Lipinski definition) is 5. The van der Waals surface area contributed by atoms with Crippen LogP contribution in [-0.4, -0.2) is 45.3 Å². The number of rotatable bonds is 3. The number of ether oxygens (including phenoxy) is 1. The standard InChI is InChI=1S/C17H21F3N2O5/c1-16(2,3)27-15(24)21-8-11-6-12(17(18,19)20)5-4-10(11)7-13(21)14(23)9-22(25)26/h4-6,13-14,23H,7-9H2,1-3H3/t13-,14+/m0/s1. The first-order valence-electron chi connectivity index (χ1n) is 8.26. The van der Waals surface area contributed by atoms with E-state index in [4.69, 9.17) is 4.74 Å². The Morgan fingerprint density at radius 3 is 2.52 bits per heavy atom. The summed E-state index contributed by atoms with van der Waals surface area (Å²) < 4.78 is 44.2. The molecule has 2 atom stereocenters. The molecule has 2 rings (SSSR count). The second kappa shape index (κ2) is 7.34. The Hall–Kier alpha value is -2.36. The minimum absolute atomic E-state index is 0.0122. The first-order chi connectivity index (χ1) is 12.3. The highest BCUT2D eigenvalue weighted by Gasteiger charge is 2.40. The molecule has 0 bridgehead atoms. The number of fused-ring (bicyclic) bond motifs is 1. The van der Waals surface area contributed by atoms with Gasteiger partial charge in [-0.15, -0.1) is 0 Å². The molecule has 1 aliphatic heterocycles. The molecule has 0 spiro atoms. The molecule has 0 aromatic heterocycles. The highest BCUT2D eigenvalue weighted by Crippen LogP contribution is 2.34.